The molecule has 2 aromatic carbocycles. The van der Waals surface area contributed by atoms with E-state index >= 15 is 0 Å². The maximum atomic E-state index is 6.20. The van der Waals surface area contributed by atoms with Gasteiger partial charge in [0, 0.05) is 16.1 Å². The lowest BCUT2D eigenvalue weighted by atomic mass is 10.0. The van der Waals surface area contributed by atoms with E-state index in [2.05, 4.69) is 0 Å². The van der Waals surface area contributed by atoms with E-state index in [1.807, 2.05) is 49.4 Å². The molecule has 0 heterocycles. The topological polar surface area (TPSA) is 26.0 Å². The Kier molecular flexibility index (Phi) is 3.72. The van der Waals surface area contributed by atoms with Crippen molar-refractivity contribution in [3.63, 3.8) is 0 Å². The van der Waals surface area contributed by atoms with Crippen LogP contribution >= 0.6 is 23.2 Å². The van der Waals surface area contributed by atoms with Gasteiger partial charge < -0.3 is 5.73 Å². The Labute approximate surface area is 111 Å². The van der Waals surface area contributed by atoms with Gasteiger partial charge in [-0.3, -0.25) is 0 Å². The maximum Gasteiger partial charge on any atom is 0.0459 e. The predicted molar refractivity (Wildman–Crippen MR) is 74.5 cm³/mol. The van der Waals surface area contributed by atoms with E-state index in [0.29, 0.717) is 5.02 Å². The van der Waals surface area contributed by atoms with Gasteiger partial charge in [-0.15, -0.1) is 0 Å². The molecule has 1 atom stereocenters. The van der Waals surface area contributed by atoms with Crippen molar-refractivity contribution in [1.82, 2.24) is 0 Å². The van der Waals surface area contributed by atoms with Crippen LogP contribution in [-0.2, 0) is 0 Å². The zero-order valence-electron chi connectivity index (χ0n) is 9.45. The average Bonchev–Trinajstić information content (AvgIpc) is 2.29. The third kappa shape index (κ3) is 2.81. The predicted octanol–water partition coefficient (Wildman–Crippen LogP) is 4.68. The molecule has 0 bridgehead atoms. The molecule has 0 saturated carbocycles. The highest BCUT2D eigenvalue weighted by Crippen LogP contribution is 2.28. The molecule has 0 spiro atoms. The Morgan fingerprint density at radius 1 is 0.941 bits per heavy atom. The van der Waals surface area contributed by atoms with Gasteiger partial charge in [0.05, 0.1) is 0 Å². The summed E-state index contributed by atoms with van der Waals surface area (Å²) in [5.41, 5.74) is 8.94. The highest BCUT2D eigenvalue weighted by Gasteiger charge is 2.06. The minimum absolute atomic E-state index is 0.0539. The van der Waals surface area contributed by atoms with Crippen LogP contribution in [0, 0.1) is 0 Å². The molecule has 0 amide bonds. The normalized spacial score (nSPS) is 12.5. The molecule has 0 fully saturated rings. The van der Waals surface area contributed by atoms with Crippen molar-refractivity contribution in [2.24, 2.45) is 5.73 Å². The first-order valence-electron chi connectivity index (χ1n) is 5.39. The van der Waals surface area contributed by atoms with Crippen LogP contribution in [-0.4, -0.2) is 0 Å². The summed E-state index contributed by atoms with van der Waals surface area (Å²) in [6.45, 7) is 1.92. The van der Waals surface area contributed by atoms with Crippen LogP contribution in [0.15, 0.2) is 42.5 Å². The molecule has 88 valence electrons. The van der Waals surface area contributed by atoms with Gasteiger partial charge in [-0.2, -0.15) is 0 Å². The molecule has 2 aromatic rings. The van der Waals surface area contributed by atoms with Crippen molar-refractivity contribution in [2.45, 2.75) is 13.0 Å². The lowest BCUT2D eigenvalue weighted by molar-refractivity contribution is 0.819. The van der Waals surface area contributed by atoms with Crippen LogP contribution in [0.1, 0.15) is 18.5 Å². The largest absolute Gasteiger partial charge is 0.324 e. The van der Waals surface area contributed by atoms with E-state index in [4.69, 9.17) is 28.9 Å². The van der Waals surface area contributed by atoms with Gasteiger partial charge in [0.25, 0.3) is 0 Å². The van der Waals surface area contributed by atoms with E-state index in [9.17, 15) is 0 Å². The number of hydrogen-bond donors (Lipinski definition) is 1. The SMILES string of the molecule is CC(N)c1ccc(-c2ccc(Cl)cc2)cc1Cl. The third-order valence-corrected chi connectivity index (χ3v) is 3.25. The second kappa shape index (κ2) is 5.09. The molecule has 0 saturated heterocycles. The maximum absolute atomic E-state index is 6.20. The van der Waals surface area contributed by atoms with Gasteiger partial charge in [0.15, 0.2) is 0 Å². The van der Waals surface area contributed by atoms with Crippen LogP contribution < -0.4 is 5.73 Å². The van der Waals surface area contributed by atoms with Crippen molar-refractivity contribution < 1.29 is 0 Å². The van der Waals surface area contributed by atoms with Crippen molar-refractivity contribution in [3.8, 4) is 11.1 Å². The smallest absolute Gasteiger partial charge is 0.0459 e. The molecule has 2 rings (SSSR count). The number of rotatable bonds is 2. The highest BCUT2D eigenvalue weighted by molar-refractivity contribution is 6.31. The Hall–Kier alpha value is -1.02. The Balaban J connectivity index is 2.41. The molecule has 0 aliphatic rings. The summed E-state index contributed by atoms with van der Waals surface area (Å²) in [4.78, 5) is 0. The second-order valence-electron chi connectivity index (χ2n) is 4.03. The molecule has 1 nitrogen and oxygen atoms in total. The number of benzene rings is 2. The van der Waals surface area contributed by atoms with Gasteiger partial charge in [0.2, 0.25) is 0 Å². The van der Waals surface area contributed by atoms with Crippen molar-refractivity contribution in [1.29, 1.82) is 0 Å². The molecule has 17 heavy (non-hydrogen) atoms. The van der Waals surface area contributed by atoms with E-state index in [0.717, 1.165) is 21.7 Å². The van der Waals surface area contributed by atoms with Crippen LogP contribution in [0.25, 0.3) is 11.1 Å². The Morgan fingerprint density at radius 3 is 2.06 bits per heavy atom. The van der Waals surface area contributed by atoms with Crippen LogP contribution in [0.5, 0.6) is 0 Å². The fourth-order valence-corrected chi connectivity index (χ4v) is 2.20. The fraction of sp³-hybridized carbons (Fsp3) is 0.143. The van der Waals surface area contributed by atoms with Gasteiger partial charge >= 0.3 is 0 Å². The summed E-state index contributed by atoms with van der Waals surface area (Å²) in [6.07, 6.45) is 0. The van der Waals surface area contributed by atoms with Crippen LogP contribution in [0.2, 0.25) is 10.0 Å². The summed E-state index contributed by atoms with van der Waals surface area (Å²) >= 11 is 12.1. The minimum Gasteiger partial charge on any atom is -0.324 e. The van der Waals surface area contributed by atoms with E-state index in [1.54, 1.807) is 0 Å². The molecule has 0 aromatic heterocycles. The molecular weight excluding hydrogens is 253 g/mol. The molecule has 0 aliphatic carbocycles. The van der Waals surface area contributed by atoms with Crippen molar-refractivity contribution in [3.05, 3.63) is 58.1 Å². The zero-order valence-corrected chi connectivity index (χ0v) is 11.0. The summed E-state index contributed by atoms with van der Waals surface area (Å²) < 4.78 is 0. The minimum atomic E-state index is -0.0539. The summed E-state index contributed by atoms with van der Waals surface area (Å²) in [5, 5.41) is 1.43. The Bertz CT molecular complexity index is 518. The monoisotopic (exact) mass is 265 g/mol. The van der Waals surface area contributed by atoms with Crippen molar-refractivity contribution in [2.75, 3.05) is 0 Å². The van der Waals surface area contributed by atoms with E-state index in [1.165, 1.54) is 0 Å². The fourth-order valence-electron chi connectivity index (χ4n) is 1.72. The first kappa shape index (κ1) is 12.4. The number of nitrogens with two attached hydrogens (primary N) is 1. The lowest BCUT2D eigenvalue weighted by Crippen LogP contribution is -2.05. The van der Waals surface area contributed by atoms with Gasteiger partial charge in [-0.1, -0.05) is 47.5 Å². The van der Waals surface area contributed by atoms with Crippen molar-refractivity contribution >= 4 is 23.2 Å². The van der Waals surface area contributed by atoms with Gasteiger partial charge in [-0.25, -0.2) is 0 Å². The molecule has 3 heteroatoms. The van der Waals surface area contributed by atoms with E-state index in [-0.39, 0.29) is 6.04 Å². The second-order valence-corrected chi connectivity index (χ2v) is 4.88. The lowest BCUT2D eigenvalue weighted by Gasteiger charge is -2.10. The molecule has 0 aliphatic heterocycles. The molecule has 1 unspecified atom stereocenters. The summed E-state index contributed by atoms with van der Waals surface area (Å²) in [7, 11) is 0. The molecule has 2 N–H and O–H groups in total. The van der Waals surface area contributed by atoms with Crippen LogP contribution in [0.3, 0.4) is 0 Å². The summed E-state index contributed by atoms with van der Waals surface area (Å²) in [6, 6.07) is 13.5. The first-order chi connectivity index (χ1) is 8.08. The zero-order chi connectivity index (χ0) is 12.4. The standard InChI is InChI=1S/C14H13Cl2N/c1-9(17)13-7-4-11(8-14(13)16)10-2-5-12(15)6-3-10/h2-9H,17H2,1H3. The number of hydrogen-bond acceptors (Lipinski definition) is 1. The van der Waals surface area contributed by atoms with E-state index < -0.39 is 0 Å². The van der Waals surface area contributed by atoms with Crippen LogP contribution in [0.4, 0.5) is 0 Å². The first-order valence-corrected chi connectivity index (χ1v) is 6.14. The van der Waals surface area contributed by atoms with Gasteiger partial charge in [-0.05, 0) is 41.8 Å². The number of halogens is 2. The van der Waals surface area contributed by atoms with Gasteiger partial charge in [0.1, 0.15) is 0 Å². The quantitative estimate of drug-likeness (QED) is 0.839. The average molecular weight is 266 g/mol. The Morgan fingerprint density at radius 2 is 1.53 bits per heavy atom. The third-order valence-electron chi connectivity index (χ3n) is 2.67. The molecular formula is C14H13Cl2N. The highest BCUT2D eigenvalue weighted by atomic mass is 35.5. The molecule has 0 radical (unpaired) electrons. The summed E-state index contributed by atoms with van der Waals surface area (Å²) in [5.74, 6) is 0.